The van der Waals surface area contributed by atoms with Gasteiger partial charge < -0.3 is 14.8 Å². The molecule has 1 saturated heterocycles. The Morgan fingerprint density at radius 2 is 2.18 bits per heavy atom. The second kappa shape index (κ2) is 10.5. The van der Waals surface area contributed by atoms with Crippen LogP contribution < -0.4 is 14.8 Å². The zero-order valence-electron chi connectivity index (χ0n) is 19.5. The van der Waals surface area contributed by atoms with Crippen LogP contribution in [0.25, 0.3) is 0 Å². The molecular weight excluding hydrogens is 466 g/mol. The van der Waals surface area contributed by atoms with E-state index in [9.17, 15) is 23.3 Å². The summed E-state index contributed by atoms with van der Waals surface area (Å²) in [5.74, 6) is -0.400. The molecule has 0 radical (unpaired) electrons. The first-order valence-electron chi connectivity index (χ1n) is 11.0. The first-order valence-corrected chi connectivity index (χ1v) is 12.4. The maximum Gasteiger partial charge on any atom is 0.272 e. The maximum atomic E-state index is 13.0. The molecule has 13 heteroatoms. The van der Waals surface area contributed by atoms with Gasteiger partial charge in [0.2, 0.25) is 15.9 Å². The number of rotatable bonds is 10. The highest BCUT2D eigenvalue weighted by atomic mass is 32.2. The van der Waals surface area contributed by atoms with Gasteiger partial charge in [-0.05, 0) is 39.2 Å². The van der Waals surface area contributed by atoms with Gasteiger partial charge in [0.05, 0.1) is 11.0 Å². The molecular formula is C21H29N5O7S. The molecule has 186 valence electrons. The monoisotopic (exact) mass is 495 g/mol. The van der Waals surface area contributed by atoms with E-state index < -0.39 is 32.6 Å². The lowest BCUT2D eigenvalue weighted by Crippen LogP contribution is -2.32. The van der Waals surface area contributed by atoms with Crippen LogP contribution in [0.2, 0.25) is 0 Å². The van der Waals surface area contributed by atoms with Gasteiger partial charge in [0.1, 0.15) is 10.6 Å². The van der Waals surface area contributed by atoms with Crippen molar-refractivity contribution in [2.24, 2.45) is 7.05 Å². The number of nitrogens with zero attached hydrogens (tertiary/aromatic N) is 3. The van der Waals surface area contributed by atoms with Crippen LogP contribution in [-0.4, -0.2) is 54.3 Å². The Labute approximate surface area is 197 Å². The van der Waals surface area contributed by atoms with Crippen molar-refractivity contribution >= 4 is 21.6 Å². The number of nitro benzene ring substituents is 1. The molecule has 1 aliphatic rings. The van der Waals surface area contributed by atoms with Gasteiger partial charge >= 0.3 is 0 Å². The number of carbonyl (C=O) groups is 1. The fourth-order valence-electron chi connectivity index (χ4n) is 3.49. The second-order valence-corrected chi connectivity index (χ2v) is 9.85. The Bertz CT molecular complexity index is 1170. The number of aromatic nitrogens is 2. The van der Waals surface area contributed by atoms with Crippen LogP contribution in [0, 0.1) is 17.0 Å². The molecule has 0 spiro atoms. The molecule has 0 unspecified atom stereocenters. The lowest BCUT2D eigenvalue weighted by Gasteiger charge is -2.15. The molecule has 2 heterocycles. The second-order valence-electron chi connectivity index (χ2n) is 8.17. The van der Waals surface area contributed by atoms with Crippen LogP contribution in [-0.2, 0) is 21.8 Å². The first-order chi connectivity index (χ1) is 16.0. The third kappa shape index (κ3) is 5.72. The summed E-state index contributed by atoms with van der Waals surface area (Å²) in [5.41, 5.74) is 0.122. The predicted molar refractivity (Wildman–Crippen MR) is 122 cm³/mol. The van der Waals surface area contributed by atoms with Gasteiger partial charge in [-0.3, -0.25) is 14.9 Å². The van der Waals surface area contributed by atoms with Gasteiger partial charge in [0, 0.05) is 43.9 Å². The van der Waals surface area contributed by atoms with E-state index in [0.717, 1.165) is 25.0 Å². The molecule has 1 aromatic heterocycles. The minimum absolute atomic E-state index is 0.0328. The quantitative estimate of drug-likeness (QED) is 0.376. The van der Waals surface area contributed by atoms with E-state index in [4.69, 9.17) is 9.47 Å². The topological polar surface area (TPSA) is 155 Å². The molecule has 2 aromatic rings. The van der Waals surface area contributed by atoms with Gasteiger partial charge in [-0.2, -0.15) is 5.10 Å². The maximum absolute atomic E-state index is 13.0. The van der Waals surface area contributed by atoms with Gasteiger partial charge in [-0.1, -0.05) is 6.92 Å². The van der Waals surface area contributed by atoms with Crippen LogP contribution in [0.4, 0.5) is 5.69 Å². The summed E-state index contributed by atoms with van der Waals surface area (Å²) in [4.78, 5) is 22.8. The molecule has 1 fully saturated rings. The van der Waals surface area contributed by atoms with Crippen molar-refractivity contribution < 1.29 is 27.6 Å². The zero-order chi connectivity index (χ0) is 25.0. The summed E-state index contributed by atoms with van der Waals surface area (Å²) in [6.45, 7) is 6.15. The molecule has 12 nitrogen and oxygen atoms in total. The molecule has 1 amide bonds. The average Bonchev–Trinajstić information content (AvgIpc) is 3.40. The lowest BCUT2D eigenvalue weighted by atomic mass is 10.2. The molecule has 0 saturated carbocycles. The number of hydrogen-bond donors (Lipinski definition) is 2. The van der Waals surface area contributed by atoms with Crippen molar-refractivity contribution in [1.29, 1.82) is 0 Å². The Morgan fingerprint density at radius 1 is 1.44 bits per heavy atom. The fourth-order valence-corrected chi connectivity index (χ4v) is 4.96. The number of nitro groups is 1. The average molecular weight is 496 g/mol. The number of non-ortho nitro benzene ring substituents is 1. The number of nitrogens with one attached hydrogen (secondary N) is 2. The van der Waals surface area contributed by atoms with E-state index >= 15 is 0 Å². The Morgan fingerprint density at radius 3 is 2.79 bits per heavy atom. The minimum Gasteiger partial charge on any atom is -0.438 e. The van der Waals surface area contributed by atoms with Crippen molar-refractivity contribution in [3.63, 3.8) is 0 Å². The lowest BCUT2D eigenvalue weighted by molar-refractivity contribution is -0.385. The van der Waals surface area contributed by atoms with Crippen LogP contribution in [0.1, 0.15) is 49.2 Å². The zero-order valence-corrected chi connectivity index (χ0v) is 20.3. The molecule has 2 N–H and O–H groups in total. The van der Waals surface area contributed by atoms with E-state index in [-0.39, 0.29) is 28.3 Å². The summed E-state index contributed by atoms with van der Waals surface area (Å²) < 4.78 is 41.1. The van der Waals surface area contributed by atoms with E-state index in [1.54, 1.807) is 20.9 Å². The Hall–Kier alpha value is -3.03. The van der Waals surface area contributed by atoms with Crippen molar-refractivity contribution in [3.05, 3.63) is 39.6 Å². The molecule has 1 aliphatic heterocycles. The normalized spacial score (nSPS) is 16.9. The highest BCUT2D eigenvalue weighted by Gasteiger charge is 2.28. The van der Waals surface area contributed by atoms with Crippen LogP contribution in [0.5, 0.6) is 11.6 Å². The van der Waals surface area contributed by atoms with Crippen molar-refractivity contribution in [2.45, 2.75) is 57.1 Å². The molecule has 0 bridgehead atoms. The third-order valence-electron chi connectivity index (χ3n) is 5.55. The van der Waals surface area contributed by atoms with E-state index in [1.807, 2.05) is 6.92 Å². The molecule has 34 heavy (non-hydrogen) atoms. The van der Waals surface area contributed by atoms with Crippen molar-refractivity contribution in [1.82, 2.24) is 19.8 Å². The third-order valence-corrected chi connectivity index (χ3v) is 7.16. The SMILES string of the molecule is CC[C@H](C)NS(=O)(=O)c1cc([N+](=O)[O-])ccc1Oc1c(C)c(C(=O)NC[C@@H]2CCCO2)nn1C. The minimum atomic E-state index is -4.13. The number of amides is 1. The molecule has 3 rings (SSSR count). The number of ether oxygens (including phenoxy) is 2. The van der Waals surface area contributed by atoms with Crippen LogP contribution in [0.15, 0.2) is 23.1 Å². The number of sulfonamides is 1. The molecule has 2 atom stereocenters. The number of benzene rings is 1. The Balaban J connectivity index is 1.91. The van der Waals surface area contributed by atoms with Crippen molar-refractivity contribution in [3.8, 4) is 11.6 Å². The smallest absolute Gasteiger partial charge is 0.272 e. The van der Waals surface area contributed by atoms with Crippen LogP contribution >= 0.6 is 0 Å². The van der Waals surface area contributed by atoms with E-state index in [2.05, 4.69) is 15.1 Å². The van der Waals surface area contributed by atoms with Crippen molar-refractivity contribution in [2.75, 3.05) is 13.2 Å². The van der Waals surface area contributed by atoms with Gasteiger partial charge in [-0.15, -0.1) is 0 Å². The molecule has 1 aromatic carbocycles. The highest BCUT2D eigenvalue weighted by molar-refractivity contribution is 7.89. The summed E-state index contributed by atoms with van der Waals surface area (Å²) in [6, 6.07) is 2.92. The summed E-state index contributed by atoms with van der Waals surface area (Å²) >= 11 is 0. The van der Waals surface area contributed by atoms with Crippen LogP contribution in [0.3, 0.4) is 0 Å². The van der Waals surface area contributed by atoms with E-state index in [0.29, 0.717) is 25.1 Å². The van der Waals surface area contributed by atoms with Gasteiger partial charge in [0.25, 0.3) is 11.6 Å². The summed E-state index contributed by atoms with van der Waals surface area (Å²) in [7, 11) is -2.58. The number of aryl methyl sites for hydroxylation is 1. The van der Waals surface area contributed by atoms with Gasteiger partial charge in [0.15, 0.2) is 5.69 Å². The fraction of sp³-hybridized carbons (Fsp3) is 0.524. The Kier molecular flexibility index (Phi) is 7.89. The summed E-state index contributed by atoms with van der Waals surface area (Å²) in [5, 5.41) is 18.3. The number of hydrogen-bond acceptors (Lipinski definition) is 8. The van der Waals surface area contributed by atoms with Gasteiger partial charge in [-0.25, -0.2) is 17.8 Å². The standard InChI is InChI=1S/C21H29N5O7S/c1-5-13(2)24-34(30,31)18-11-15(26(28)29)8-9-17(18)33-21-14(3)19(23-25(21)4)20(27)22-12-16-7-6-10-32-16/h8-9,11,13,16,24H,5-7,10,12H2,1-4H3,(H,22,27)/t13-,16-/m0/s1. The number of carbonyl (C=O) groups excluding carboxylic acids is 1. The highest BCUT2D eigenvalue weighted by Crippen LogP contribution is 2.34. The predicted octanol–water partition coefficient (Wildman–Crippen LogP) is 2.41. The summed E-state index contributed by atoms with van der Waals surface area (Å²) in [6.07, 6.45) is 2.32. The van der Waals surface area contributed by atoms with E-state index in [1.165, 1.54) is 10.7 Å². The molecule has 0 aliphatic carbocycles. The first kappa shape index (κ1) is 25.6. The largest absolute Gasteiger partial charge is 0.438 e.